The van der Waals surface area contributed by atoms with Crippen molar-refractivity contribution < 1.29 is 18.0 Å². The van der Waals surface area contributed by atoms with Crippen LogP contribution in [-0.2, 0) is 19.4 Å². The highest BCUT2D eigenvalue weighted by atomic mass is 32.2. The fraction of sp³-hybridized carbons (Fsp3) is 0.429. The minimum absolute atomic E-state index is 0.107. The van der Waals surface area contributed by atoms with Crippen LogP contribution in [0.4, 0.5) is 0 Å². The van der Waals surface area contributed by atoms with Gasteiger partial charge in [-0.25, -0.2) is 8.42 Å². The number of hydrogen-bond donors (Lipinski definition) is 0. The molecule has 0 saturated carbocycles. The molecule has 20 heavy (non-hydrogen) atoms. The highest BCUT2D eigenvalue weighted by molar-refractivity contribution is 7.92. The van der Waals surface area contributed by atoms with Gasteiger partial charge in [0.05, 0.1) is 4.90 Å². The van der Waals surface area contributed by atoms with E-state index in [0.29, 0.717) is 12.8 Å². The van der Waals surface area contributed by atoms with Gasteiger partial charge >= 0.3 is 0 Å². The van der Waals surface area contributed by atoms with Crippen LogP contribution in [0.25, 0.3) is 0 Å². The number of carbonyl (C=O) groups is 2. The Hall–Kier alpha value is -1.69. The summed E-state index contributed by atoms with van der Waals surface area (Å²) in [5.41, 5.74) is 0.943. The lowest BCUT2D eigenvalue weighted by molar-refractivity contribution is -0.141. The fourth-order valence-corrected chi connectivity index (χ4v) is 3.46. The zero-order valence-corrected chi connectivity index (χ0v) is 12.3. The van der Waals surface area contributed by atoms with Crippen LogP contribution in [0.15, 0.2) is 29.2 Å². The van der Waals surface area contributed by atoms with Crippen molar-refractivity contribution in [2.75, 3.05) is 5.75 Å². The molecular formula is C14H17NO4S. The first-order valence-corrected chi connectivity index (χ1v) is 8.11. The van der Waals surface area contributed by atoms with Gasteiger partial charge in [0.25, 0.3) is 0 Å². The summed E-state index contributed by atoms with van der Waals surface area (Å²) in [5.74, 6) is -1.59. The van der Waals surface area contributed by atoms with Crippen LogP contribution in [0.1, 0.15) is 25.3 Å². The monoisotopic (exact) mass is 295 g/mol. The summed E-state index contributed by atoms with van der Waals surface area (Å²) < 4.78 is 24.3. The number of likely N-dealkylation sites (tertiary alicyclic amines) is 1. The van der Waals surface area contributed by atoms with Crippen molar-refractivity contribution in [1.29, 1.82) is 0 Å². The highest BCUT2D eigenvalue weighted by Gasteiger charge is 2.35. The molecule has 1 aliphatic heterocycles. The lowest BCUT2D eigenvalue weighted by Gasteiger charge is -2.19. The number of nitrogens with zero attached hydrogens (tertiary/aromatic N) is 1. The van der Waals surface area contributed by atoms with Gasteiger partial charge in [-0.1, -0.05) is 17.7 Å². The number of amides is 2. The van der Waals surface area contributed by atoms with Gasteiger partial charge in [-0.05, 0) is 32.4 Å². The third-order valence-corrected chi connectivity index (χ3v) is 5.07. The number of rotatable bonds is 3. The molecule has 1 atom stereocenters. The van der Waals surface area contributed by atoms with Gasteiger partial charge in [0.2, 0.25) is 11.8 Å². The SMILES string of the molecule is Cc1ccc(S(=O)(=O)CC(=O)N2C(=O)CC[C@@H]2C)cc1. The second-order valence-corrected chi connectivity index (χ2v) is 7.11. The van der Waals surface area contributed by atoms with Crippen LogP contribution in [0.3, 0.4) is 0 Å². The summed E-state index contributed by atoms with van der Waals surface area (Å²) in [4.78, 5) is 24.8. The number of sulfone groups is 1. The van der Waals surface area contributed by atoms with E-state index in [4.69, 9.17) is 0 Å². The van der Waals surface area contributed by atoms with Crippen LogP contribution in [0.2, 0.25) is 0 Å². The summed E-state index contributed by atoms with van der Waals surface area (Å²) in [6.07, 6.45) is 0.895. The molecule has 5 nitrogen and oxygen atoms in total. The molecule has 0 spiro atoms. The van der Waals surface area contributed by atoms with Crippen molar-refractivity contribution in [2.24, 2.45) is 0 Å². The summed E-state index contributed by atoms with van der Waals surface area (Å²) in [7, 11) is -3.70. The molecule has 2 amide bonds. The van der Waals surface area contributed by atoms with Crippen LogP contribution in [0, 0.1) is 6.92 Å². The summed E-state index contributed by atoms with van der Waals surface area (Å²) in [5, 5.41) is 0. The molecular weight excluding hydrogens is 278 g/mol. The maximum atomic E-state index is 12.2. The molecule has 1 aromatic carbocycles. The van der Waals surface area contributed by atoms with Crippen LogP contribution in [-0.4, -0.2) is 36.9 Å². The first-order chi connectivity index (χ1) is 9.31. The van der Waals surface area contributed by atoms with Crippen molar-refractivity contribution in [3.05, 3.63) is 29.8 Å². The van der Waals surface area contributed by atoms with E-state index in [-0.39, 0.29) is 16.8 Å². The topological polar surface area (TPSA) is 71.5 Å². The van der Waals surface area contributed by atoms with E-state index in [0.717, 1.165) is 10.5 Å². The zero-order valence-electron chi connectivity index (χ0n) is 11.5. The molecule has 0 N–H and O–H groups in total. The lowest BCUT2D eigenvalue weighted by atomic mass is 10.2. The maximum absolute atomic E-state index is 12.2. The van der Waals surface area contributed by atoms with Gasteiger partial charge in [0.1, 0.15) is 5.75 Å². The van der Waals surface area contributed by atoms with E-state index in [2.05, 4.69) is 0 Å². The first-order valence-electron chi connectivity index (χ1n) is 6.45. The van der Waals surface area contributed by atoms with E-state index in [1.807, 2.05) is 6.92 Å². The van der Waals surface area contributed by atoms with Gasteiger partial charge in [-0.2, -0.15) is 0 Å². The van der Waals surface area contributed by atoms with Crippen molar-refractivity contribution in [3.63, 3.8) is 0 Å². The van der Waals surface area contributed by atoms with Crippen LogP contribution in [0.5, 0.6) is 0 Å². The summed E-state index contributed by atoms with van der Waals surface area (Å²) in [6.45, 7) is 3.60. The molecule has 1 saturated heterocycles. The van der Waals surface area contributed by atoms with E-state index < -0.39 is 21.5 Å². The third kappa shape index (κ3) is 2.90. The second-order valence-electron chi connectivity index (χ2n) is 5.12. The van der Waals surface area contributed by atoms with Gasteiger partial charge in [-0.3, -0.25) is 14.5 Å². The molecule has 1 aliphatic rings. The number of imide groups is 1. The molecule has 0 aromatic heterocycles. The maximum Gasteiger partial charge on any atom is 0.245 e. The van der Waals surface area contributed by atoms with Crippen molar-refractivity contribution in [3.8, 4) is 0 Å². The Morgan fingerprint density at radius 1 is 1.30 bits per heavy atom. The standard InChI is InChI=1S/C14H17NO4S/c1-10-3-6-12(7-4-10)20(18,19)9-14(17)15-11(2)5-8-13(15)16/h3-4,6-7,11H,5,8-9H2,1-2H3/t11-/m0/s1. The average molecular weight is 295 g/mol. The molecule has 1 aromatic rings. The molecule has 1 heterocycles. The minimum Gasteiger partial charge on any atom is -0.279 e. The quantitative estimate of drug-likeness (QED) is 0.843. The molecule has 0 bridgehead atoms. The first kappa shape index (κ1) is 14.7. The van der Waals surface area contributed by atoms with Crippen molar-refractivity contribution in [1.82, 2.24) is 4.90 Å². The lowest BCUT2D eigenvalue weighted by Crippen LogP contribution is -2.40. The average Bonchev–Trinajstić information content (AvgIpc) is 2.69. The van der Waals surface area contributed by atoms with Gasteiger partial charge in [0.15, 0.2) is 9.84 Å². The largest absolute Gasteiger partial charge is 0.279 e. The number of hydrogen-bond acceptors (Lipinski definition) is 4. The molecule has 2 rings (SSSR count). The highest BCUT2D eigenvalue weighted by Crippen LogP contribution is 2.20. The third-order valence-electron chi connectivity index (χ3n) is 3.45. The Bertz CT molecular complexity index is 634. The molecule has 108 valence electrons. The fourth-order valence-electron chi connectivity index (χ4n) is 2.27. The van der Waals surface area contributed by atoms with Crippen LogP contribution >= 0.6 is 0 Å². The van der Waals surface area contributed by atoms with E-state index >= 15 is 0 Å². The smallest absolute Gasteiger partial charge is 0.245 e. The van der Waals surface area contributed by atoms with Crippen molar-refractivity contribution >= 4 is 21.7 Å². The van der Waals surface area contributed by atoms with Gasteiger partial charge < -0.3 is 0 Å². The number of aryl methyl sites for hydroxylation is 1. The predicted octanol–water partition coefficient (Wildman–Crippen LogP) is 1.31. The molecule has 0 radical (unpaired) electrons. The molecule has 1 fully saturated rings. The van der Waals surface area contributed by atoms with Crippen molar-refractivity contribution in [2.45, 2.75) is 37.6 Å². The Labute approximate surface area is 118 Å². The molecule has 0 unspecified atom stereocenters. The predicted molar refractivity (Wildman–Crippen MR) is 73.8 cm³/mol. The number of carbonyl (C=O) groups excluding carboxylic acids is 2. The van der Waals surface area contributed by atoms with E-state index in [9.17, 15) is 18.0 Å². The van der Waals surface area contributed by atoms with Gasteiger partial charge in [-0.15, -0.1) is 0 Å². The normalized spacial score (nSPS) is 19.4. The second kappa shape index (κ2) is 5.36. The Morgan fingerprint density at radius 2 is 1.90 bits per heavy atom. The Kier molecular flexibility index (Phi) is 3.94. The van der Waals surface area contributed by atoms with Gasteiger partial charge in [0, 0.05) is 12.5 Å². The minimum atomic E-state index is -3.70. The number of benzene rings is 1. The Morgan fingerprint density at radius 3 is 2.40 bits per heavy atom. The van der Waals surface area contributed by atoms with E-state index in [1.165, 1.54) is 12.1 Å². The summed E-state index contributed by atoms with van der Waals surface area (Å²) in [6, 6.07) is 6.10. The summed E-state index contributed by atoms with van der Waals surface area (Å²) >= 11 is 0. The molecule has 6 heteroatoms. The Balaban J connectivity index is 2.18. The van der Waals surface area contributed by atoms with Crippen LogP contribution < -0.4 is 0 Å². The zero-order chi connectivity index (χ0) is 14.9. The van der Waals surface area contributed by atoms with E-state index in [1.54, 1.807) is 19.1 Å². The molecule has 0 aliphatic carbocycles.